The molecule has 12 nitrogen and oxygen atoms in total. The second kappa shape index (κ2) is 20.6. The van der Waals surface area contributed by atoms with Gasteiger partial charge in [-0.25, -0.2) is 9.59 Å². The summed E-state index contributed by atoms with van der Waals surface area (Å²) in [5.74, 6) is -2.46. The molecule has 4 amide bonds. The van der Waals surface area contributed by atoms with Crippen LogP contribution in [0.3, 0.4) is 0 Å². The first-order valence-electron chi connectivity index (χ1n) is 17.2. The third kappa shape index (κ3) is 13.3. The van der Waals surface area contributed by atoms with Gasteiger partial charge in [0.2, 0.25) is 17.7 Å². The molecule has 0 aliphatic heterocycles. The Kier molecular flexibility index (Phi) is 15.3. The first-order chi connectivity index (χ1) is 25.2. The van der Waals surface area contributed by atoms with Crippen LogP contribution in [-0.4, -0.2) is 65.5 Å². The highest BCUT2D eigenvalue weighted by molar-refractivity contribution is 5.94. The molecule has 4 aromatic rings. The fraction of sp³-hybridized carbons (Fsp3) is 0.300. The number of carbonyl (C=O) groups is 5. The first-order valence-corrected chi connectivity index (χ1v) is 17.2. The van der Waals surface area contributed by atoms with Crippen LogP contribution >= 0.6 is 0 Å². The molecular formula is C40H45N5O7. The molecule has 12 heteroatoms. The number of alkyl carbamates (subject to hydrolysis) is 1. The number of carbonyl (C=O) groups excluding carboxylic acids is 5. The number of aryl methyl sites for hydroxylation is 1. The number of benzene rings is 3. The average Bonchev–Trinajstić information content (AvgIpc) is 3.16. The van der Waals surface area contributed by atoms with Gasteiger partial charge in [-0.2, -0.15) is 0 Å². The van der Waals surface area contributed by atoms with Crippen molar-refractivity contribution in [3.8, 4) is 0 Å². The maximum absolute atomic E-state index is 13.9. The summed E-state index contributed by atoms with van der Waals surface area (Å²) in [7, 11) is 0. The van der Waals surface area contributed by atoms with E-state index in [9.17, 15) is 24.0 Å². The molecule has 3 aromatic carbocycles. The largest absolute Gasteiger partial charge is 0.464 e. The molecule has 0 saturated heterocycles. The molecule has 0 bridgehead atoms. The van der Waals surface area contributed by atoms with Gasteiger partial charge in [0.15, 0.2) is 0 Å². The lowest BCUT2D eigenvalue weighted by molar-refractivity contribution is -0.148. The predicted octanol–water partition coefficient (Wildman–Crippen LogP) is 3.83. The Hall–Kier alpha value is -6.04. The van der Waals surface area contributed by atoms with Crippen LogP contribution < -0.4 is 21.3 Å². The van der Waals surface area contributed by atoms with Crippen LogP contribution in [0, 0.1) is 0 Å². The molecule has 0 aliphatic rings. The molecular weight excluding hydrogens is 662 g/mol. The fourth-order valence-corrected chi connectivity index (χ4v) is 5.18. The normalized spacial score (nSPS) is 13.0. The van der Waals surface area contributed by atoms with E-state index in [2.05, 4.69) is 26.3 Å². The van der Waals surface area contributed by atoms with E-state index in [1.165, 1.54) is 13.8 Å². The molecule has 4 atom stereocenters. The zero-order valence-corrected chi connectivity index (χ0v) is 29.3. The van der Waals surface area contributed by atoms with Crippen LogP contribution in [0.25, 0.3) is 0 Å². The SMILES string of the molecule is C[C@H](NC(=O)OCc1ccccc1)C(=O)N[C@@H](C)C(=O)N[C@@H](Cc1ccccc1)C(=O)N[C@@H](Cc1ccccc1)C(=O)OCCCc1ccncc1. The van der Waals surface area contributed by atoms with Gasteiger partial charge < -0.3 is 30.7 Å². The smallest absolute Gasteiger partial charge is 0.408 e. The van der Waals surface area contributed by atoms with Gasteiger partial charge in [0.1, 0.15) is 30.8 Å². The van der Waals surface area contributed by atoms with E-state index < -0.39 is 54.0 Å². The second-order valence-corrected chi connectivity index (χ2v) is 12.3. The molecule has 4 rings (SSSR count). The van der Waals surface area contributed by atoms with Crippen LogP contribution in [0.15, 0.2) is 116 Å². The third-order valence-electron chi connectivity index (χ3n) is 8.10. The van der Waals surface area contributed by atoms with Crippen molar-refractivity contribution >= 4 is 29.8 Å². The number of amides is 4. The highest BCUT2D eigenvalue weighted by Gasteiger charge is 2.30. The minimum absolute atomic E-state index is 0.0287. The van der Waals surface area contributed by atoms with Crippen LogP contribution in [0.5, 0.6) is 0 Å². The first kappa shape index (κ1) is 38.8. The fourth-order valence-electron chi connectivity index (χ4n) is 5.18. The molecule has 0 radical (unpaired) electrons. The summed E-state index contributed by atoms with van der Waals surface area (Å²) in [6.45, 7) is 3.11. The molecule has 52 heavy (non-hydrogen) atoms. The lowest BCUT2D eigenvalue weighted by atomic mass is 10.0. The summed E-state index contributed by atoms with van der Waals surface area (Å²) in [5.41, 5.74) is 3.43. The molecule has 0 unspecified atom stereocenters. The van der Waals surface area contributed by atoms with E-state index in [0.717, 1.165) is 22.3 Å². The quantitative estimate of drug-likeness (QED) is 0.0896. The second-order valence-electron chi connectivity index (χ2n) is 12.3. The van der Waals surface area contributed by atoms with Crippen LogP contribution in [0.2, 0.25) is 0 Å². The van der Waals surface area contributed by atoms with E-state index >= 15 is 0 Å². The number of nitrogens with one attached hydrogen (secondary N) is 4. The zero-order valence-electron chi connectivity index (χ0n) is 29.3. The Balaban J connectivity index is 1.37. The Morgan fingerprint density at radius 2 is 1.06 bits per heavy atom. The maximum Gasteiger partial charge on any atom is 0.408 e. The van der Waals surface area contributed by atoms with Gasteiger partial charge in [-0.15, -0.1) is 0 Å². The van der Waals surface area contributed by atoms with Gasteiger partial charge in [0.25, 0.3) is 0 Å². The Morgan fingerprint density at radius 3 is 1.65 bits per heavy atom. The number of aromatic nitrogens is 1. The molecule has 1 heterocycles. The van der Waals surface area contributed by atoms with Crippen LogP contribution in [0.4, 0.5) is 4.79 Å². The number of ether oxygens (including phenoxy) is 2. The third-order valence-corrected chi connectivity index (χ3v) is 8.10. The zero-order chi connectivity index (χ0) is 37.1. The van der Waals surface area contributed by atoms with Crippen molar-refractivity contribution in [2.24, 2.45) is 0 Å². The molecule has 0 spiro atoms. The summed E-state index contributed by atoms with van der Waals surface area (Å²) >= 11 is 0. The molecule has 0 saturated carbocycles. The topological polar surface area (TPSA) is 165 Å². The molecule has 4 N–H and O–H groups in total. The van der Waals surface area contributed by atoms with Gasteiger partial charge in [0.05, 0.1) is 6.61 Å². The monoisotopic (exact) mass is 707 g/mol. The van der Waals surface area contributed by atoms with Gasteiger partial charge in [0, 0.05) is 25.2 Å². The molecule has 272 valence electrons. The lowest BCUT2D eigenvalue weighted by Crippen LogP contribution is -2.57. The van der Waals surface area contributed by atoms with Gasteiger partial charge in [-0.1, -0.05) is 91.0 Å². The standard InChI is InChI=1S/C40H45N5O7/c1-28(42-36(46)29(2)43-40(50)52-27-33-17-10-5-11-18-33)37(47)44-34(25-31-13-6-3-7-14-31)38(48)45-35(26-32-15-8-4-9-16-32)39(49)51-24-12-19-30-20-22-41-23-21-30/h3-11,13-18,20-23,28-29,34-35H,12,19,24-27H2,1-2H3,(H,42,46)(H,43,50)(H,44,47)(H,45,48)/t28-,29-,34-,35-/m0/s1. The van der Waals surface area contributed by atoms with E-state index in [4.69, 9.17) is 9.47 Å². The van der Waals surface area contributed by atoms with Crippen molar-refractivity contribution in [2.75, 3.05) is 6.61 Å². The minimum atomic E-state index is -1.10. The van der Waals surface area contributed by atoms with Crippen molar-refractivity contribution in [1.29, 1.82) is 0 Å². The van der Waals surface area contributed by atoms with Crippen molar-refractivity contribution in [1.82, 2.24) is 26.3 Å². The van der Waals surface area contributed by atoms with E-state index in [1.54, 1.807) is 24.5 Å². The average molecular weight is 708 g/mol. The maximum atomic E-state index is 13.9. The molecule has 0 fully saturated rings. The Morgan fingerprint density at radius 1 is 0.558 bits per heavy atom. The van der Waals surface area contributed by atoms with Gasteiger partial charge in [-0.05, 0) is 61.1 Å². The Bertz CT molecular complexity index is 1730. The summed E-state index contributed by atoms with van der Waals surface area (Å²) in [4.78, 5) is 69.7. The lowest BCUT2D eigenvalue weighted by Gasteiger charge is -2.25. The van der Waals surface area contributed by atoms with Crippen molar-refractivity contribution in [2.45, 2.75) is 70.3 Å². The summed E-state index contributed by atoms with van der Waals surface area (Å²) in [5, 5.41) is 10.6. The number of hydrogen-bond donors (Lipinski definition) is 4. The van der Waals surface area contributed by atoms with Crippen molar-refractivity contribution in [3.63, 3.8) is 0 Å². The van der Waals surface area contributed by atoms with Crippen LogP contribution in [0.1, 0.15) is 42.5 Å². The highest BCUT2D eigenvalue weighted by Crippen LogP contribution is 2.10. The van der Waals surface area contributed by atoms with Crippen molar-refractivity contribution < 1.29 is 33.4 Å². The number of rotatable bonds is 18. The summed E-state index contributed by atoms with van der Waals surface area (Å²) in [6, 6.07) is 27.0. The number of esters is 1. The highest BCUT2D eigenvalue weighted by atomic mass is 16.5. The minimum Gasteiger partial charge on any atom is -0.464 e. The number of nitrogens with zero attached hydrogens (tertiary/aromatic N) is 1. The summed E-state index contributed by atoms with van der Waals surface area (Å²) in [6.07, 6.45) is 4.18. The number of hydrogen-bond acceptors (Lipinski definition) is 8. The van der Waals surface area contributed by atoms with E-state index in [0.29, 0.717) is 12.8 Å². The van der Waals surface area contributed by atoms with E-state index in [1.807, 2.05) is 91.0 Å². The van der Waals surface area contributed by atoms with Gasteiger partial charge in [-0.3, -0.25) is 19.4 Å². The van der Waals surface area contributed by atoms with Crippen LogP contribution in [-0.2, 0) is 54.5 Å². The van der Waals surface area contributed by atoms with Crippen molar-refractivity contribution in [3.05, 3.63) is 138 Å². The van der Waals surface area contributed by atoms with Gasteiger partial charge >= 0.3 is 12.1 Å². The van der Waals surface area contributed by atoms with E-state index in [-0.39, 0.29) is 26.1 Å². The number of pyridine rings is 1. The summed E-state index contributed by atoms with van der Waals surface area (Å²) < 4.78 is 10.8. The Labute approximate surface area is 303 Å². The molecule has 0 aliphatic carbocycles. The predicted molar refractivity (Wildman–Crippen MR) is 194 cm³/mol. The molecule has 1 aromatic heterocycles.